The molecule has 0 bridgehead atoms. The third-order valence-electron chi connectivity index (χ3n) is 4.23. The number of H-pyrrole nitrogens is 1. The van der Waals surface area contributed by atoms with E-state index in [0.29, 0.717) is 5.41 Å². The van der Waals surface area contributed by atoms with Crippen LogP contribution in [0, 0.1) is 10.2 Å². The number of ether oxygens (including phenoxy) is 1. The molecule has 1 saturated carbocycles. The fourth-order valence-electron chi connectivity index (χ4n) is 2.72. The maximum atomic E-state index is 5.46. The molecular formula is C16H20N2OS. The van der Waals surface area contributed by atoms with Crippen LogP contribution in [0.3, 0.4) is 0 Å². The molecule has 0 atom stereocenters. The molecule has 1 aromatic carbocycles. The summed E-state index contributed by atoms with van der Waals surface area (Å²) in [7, 11) is 1.77. The van der Waals surface area contributed by atoms with Crippen LogP contribution in [0.15, 0.2) is 36.5 Å². The fourth-order valence-corrected chi connectivity index (χ4v) is 2.94. The smallest absolute Gasteiger partial charge is 0.177 e. The van der Waals surface area contributed by atoms with Crippen molar-refractivity contribution >= 4 is 12.2 Å². The molecule has 3 rings (SSSR count). The van der Waals surface area contributed by atoms with Crippen molar-refractivity contribution in [3.05, 3.63) is 41.3 Å². The van der Waals surface area contributed by atoms with Gasteiger partial charge in [0.25, 0.3) is 0 Å². The Balaban J connectivity index is 1.87. The molecule has 1 heterocycles. The van der Waals surface area contributed by atoms with Gasteiger partial charge >= 0.3 is 0 Å². The standard InChI is InChI=1S/C16H20N2OS/c1-19-10-9-16(7-8-16)12-18-14(11-17-15(18)20)13-5-3-2-4-6-13/h2-6,11H,7-10,12H2,1H3,(H,17,20). The predicted molar refractivity (Wildman–Crippen MR) is 83.2 cm³/mol. The first-order chi connectivity index (χ1) is 9.74. The van der Waals surface area contributed by atoms with Gasteiger partial charge in [-0.15, -0.1) is 0 Å². The van der Waals surface area contributed by atoms with Gasteiger partial charge in [-0.2, -0.15) is 0 Å². The predicted octanol–water partition coefficient (Wildman–Crippen LogP) is 4.03. The highest BCUT2D eigenvalue weighted by Gasteiger charge is 2.42. The van der Waals surface area contributed by atoms with Gasteiger partial charge in [-0.05, 0) is 42.5 Å². The summed E-state index contributed by atoms with van der Waals surface area (Å²) in [6.45, 7) is 1.82. The van der Waals surface area contributed by atoms with Gasteiger partial charge in [0.05, 0.1) is 5.69 Å². The van der Waals surface area contributed by atoms with Gasteiger partial charge in [0.15, 0.2) is 4.77 Å². The molecule has 0 unspecified atom stereocenters. The maximum absolute atomic E-state index is 5.46. The zero-order chi connectivity index (χ0) is 14.0. The summed E-state index contributed by atoms with van der Waals surface area (Å²) in [4.78, 5) is 3.19. The largest absolute Gasteiger partial charge is 0.385 e. The number of benzene rings is 1. The summed E-state index contributed by atoms with van der Waals surface area (Å²) in [6, 6.07) is 10.4. The summed E-state index contributed by atoms with van der Waals surface area (Å²) in [5.74, 6) is 0. The highest BCUT2D eigenvalue weighted by Crippen LogP contribution is 2.50. The number of nitrogens with zero attached hydrogens (tertiary/aromatic N) is 1. The number of aromatic amines is 1. The molecule has 0 amide bonds. The maximum Gasteiger partial charge on any atom is 0.177 e. The van der Waals surface area contributed by atoms with Crippen molar-refractivity contribution in [3.8, 4) is 11.3 Å². The van der Waals surface area contributed by atoms with Crippen molar-refractivity contribution in [1.82, 2.24) is 9.55 Å². The molecule has 1 aliphatic rings. The van der Waals surface area contributed by atoms with E-state index in [2.05, 4.69) is 33.8 Å². The molecule has 0 radical (unpaired) electrons. The number of hydrogen-bond acceptors (Lipinski definition) is 2. The lowest BCUT2D eigenvalue weighted by molar-refractivity contribution is 0.167. The van der Waals surface area contributed by atoms with Gasteiger partial charge in [0, 0.05) is 26.5 Å². The van der Waals surface area contributed by atoms with E-state index < -0.39 is 0 Å². The third-order valence-corrected chi connectivity index (χ3v) is 4.56. The van der Waals surface area contributed by atoms with Crippen LogP contribution >= 0.6 is 12.2 Å². The lowest BCUT2D eigenvalue weighted by Crippen LogP contribution is -2.15. The minimum absolute atomic E-state index is 0.389. The second-order valence-corrected chi connectivity index (χ2v) is 6.06. The molecule has 0 aliphatic heterocycles. The number of aromatic nitrogens is 2. The summed E-state index contributed by atoms with van der Waals surface area (Å²) in [5.41, 5.74) is 2.78. The van der Waals surface area contributed by atoms with Crippen molar-refractivity contribution in [2.24, 2.45) is 5.41 Å². The lowest BCUT2D eigenvalue weighted by Gasteiger charge is -2.17. The van der Waals surface area contributed by atoms with Crippen LogP contribution in [0.5, 0.6) is 0 Å². The third kappa shape index (κ3) is 2.72. The zero-order valence-corrected chi connectivity index (χ0v) is 12.6. The average Bonchev–Trinajstić information content (AvgIpc) is 3.16. The summed E-state index contributed by atoms with van der Waals surface area (Å²) in [5, 5.41) is 0. The molecule has 3 nitrogen and oxygen atoms in total. The second-order valence-electron chi connectivity index (χ2n) is 5.67. The van der Waals surface area contributed by atoms with Gasteiger partial charge in [-0.25, -0.2) is 0 Å². The Hall–Kier alpha value is -1.39. The first kappa shape index (κ1) is 13.6. The minimum Gasteiger partial charge on any atom is -0.385 e. The van der Waals surface area contributed by atoms with Crippen LogP contribution in [-0.2, 0) is 11.3 Å². The van der Waals surface area contributed by atoms with E-state index in [1.54, 1.807) is 7.11 Å². The first-order valence-corrected chi connectivity index (χ1v) is 7.47. The topological polar surface area (TPSA) is 29.9 Å². The highest BCUT2D eigenvalue weighted by molar-refractivity contribution is 7.71. The fraction of sp³-hybridized carbons (Fsp3) is 0.438. The monoisotopic (exact) mass is 288 g/mol. The number of imidazole rings is 1. The Kier molecular flexibility index (Phi) is 3.76. The van der Waals surface area contributed by atoms with Gasteiger partial charge in [-0.1, -0.05) is 30.3 Å². The highest BCUT2D eigenvalue weighted by atomic mass is 32.1. The van der Waals surface area contributed by atoms with Crippen LogP contribution < -0.4 is 0 Å². The van der Waals surface area contributed by atoms with Crippen molar-refractivity contribution < 1.29 is 4.74 Å². The SMILES string of the molecule is COCCC1(Cn2c(-c3ccccc3)c[nH]c2=S)CC1. The van der Waals surface area contributed by atoms with Gasteiger partial charge < -0.3 is 14.3 Å². The van der Waals surface area contributed by atoms with Gasteiger partial charge in [0.1, 0.15) is 0 Å². The molecule has 0 saturated heterocycles. The number of rotatable bonds is 6. The average molecular weight is 288 g/mol. The van der Waals surface area contributed by atoms with E-state index in [1.165, 1.54) is 24.1 Å². The Morgan fingerprint density at radius 1 is 1.30 bits per heavy atom. The molecule has 4 heteroatoms. The van der Waals surface area contributed by atoms with E-state index in [1.807, 2.05) is 12.3 Å². The van der Waals surface area contributed by atoms with Crippen LogP contribution in [0.2, 0.25) is 0 Å². The van der Waals surface area contributed by atoms with E-state index in [4.69, 9.17) is 17.0 Å². The number of nitrogens with one attached hydrogen (secondary N) is 1. The van der Waals surface area contributed by atoms with E-state index >= 15 is 0 Å². The Morgan fingerprint density at radius 2 is 2.05 bits per heavy atom. The molecule has 1 fully saturated rings. The normalized spacial score (nSPS) is 16.2. The van der Waals surface area contributed by atoms with E-state index in [0.717, 1.165) is 24.3 Å². The molecule has 1 aromatic heterocycles. The summed E-state index contributed by atoms with van der Waals surface area (Å²) < 4.78 is 8.29. The summed E-state index contributed by atoms with van der Waals surface area (Å²) in [6.07, 6.45) is 5.68. The molecule has 106 valence electrons. The van der Waals surface area contributed by atoms with Gasteiger partial charge in [-0.3, -0.25) is 0 Å². The first-order valence-electron chi connectivity index (χ1n) is 7.07. The molecule has 2 aromatic rings. The lowest BCUT2D eigenvalue weighted by atomic mass is 10.0. The van der Waals surface area contributed by atoms with Crippen LogP contribution in [0.1, 0.15) is 19.3 Å². The van der Waals surface area contributed by atoms with Crippen molar-refractivity contribution in [2.75, 3.05) is 13.7 Å². The Labute approximate surface area is 124 Å². The van der Waals surface area contributed by atoms with Crippen LogP contribution in [0.4, 0.5) is 0 Å². The van der Waals surface area contributed by atoms with Crippen LogP contribution in [0.25, 0.3) is 11.3 Å². The minimum atomic E-state index is 0.389. The van der Waals surface area contributed by atoms with E-state index in [9.17, 15) is 0 Å². The molecular weight excluding hydrogens is 268 g/mol. The van der Waals surface area contributed by atoms with Crippen molar-refractivity contribution in [1.29, 1.82) is 0 Å². The summed E-state index contributed by atoms with van der Waals surface area (Å²) >= 11 is 5.46. The second kappa shape index (κ2) is 5.54. The van der Waals surface area contributed by atoms with Crippen LogP contribution in [-0.4, -0.2) is 23.3 Å². The quantitative estimate of drug-likeness (QED) is 0.813. The molecule has 0 spiro atoms. The van der Waals surface area contributed by atoms with Gasteiger partial charge in [0.2, 0.25) is 0 Å². The zero-order valence-electron chi connectivity index (χ0n) is 11.8. The number of methoxy groups -OCH3 is 1. The Bertz CT molecular complexity index is 625. The molecule has 1 N–H and O–H groups in total. The molecule has 20 heavy (non-hydrogen) atoms. The molecule has 1 aliphatic carbocycles. The number of hydrogen-bond donors (Lipinski definition) is 1. The van der Waals surface area contributed by atoms with Crippen molar-refractivity contribution in [3.63, 3.8) is 0 Å². The van der Waals surface area contributed by atoms with Crippen molar-refractivity contribution in [2.45, 2.75) is 25.8 Å². The Morgan fingerprint density at radius 3 is 2.70 bits per heavy atom. The van der Waals surface area contributed by atoms with E-state index in [-0.39, 0.29) is 0 Å².